The first kappa shape index (κ1) is 17.4. The number of nitrogens with zero attached hydrogens (tertiary/aromatic N) is 2. The van der Waals surface area contributed by atoms with Gasteiger partial charge in [-0.05, 0) is 24.3 Å². The minimum Gasteiger partial charge on any atom is -0.166 e. The third-order valence-corrected chi connectivity index (χ3v) is 4.32. The molecular formula is C16H8F6N2S. The van der Waals surface area contributed by atoms with Gasteiger partial charge in [0, 0.05) is 11.1 Å². The summed E-state index contributed by atoms with van der Waals surface area (Å²) in [4.78, 5) is 0. The second kappa shape index (κ2) is 6.14. The summed E-state index contributed by atoms with van der Waals surface area (Å²) in [6.07, 6.45) is -8.99. The Morgan fingerprint density at radius 2 is 1.04 bits per heavy atom. The summed E-state index contributed by atoms with van der Waals surface area (Å²) in [5.41, 5.74) is -1.27. The van der Waals surface area contributed by atoms with E-state index in [4.69, 9.17) is 0 Å². The Kier molecular flexibility index (Phi) is 4.28. The highest BCUT2D eigenvalue weighted by Crippen LogP contribution is 2.36. The number of rotatable bonds is 2. The first-order chi connectivity index (χ1) is 11.6. The maximum atomic E-state index is 12.8. The van der Waals surface area contributed by atoms with Crippen LogP contribution in [-0.4, -0.2) is 10.2 Å². The van der Waals surface area contributed by atoms with Crippen LogP contribution in [-0.2, 0) is 12.4 Å². The molecule has 9 heteroatoms. The van der Waals surface area contributed by atoms with Gasteiger partial charge in [0.25, 0.3) is 0 Å². The maximum absolute atomic E-state index is 12.8. The predicted molar refractivity (Wildman–Crippen MR) is 80.8 cm³/mol. The largest absolute Gasteiger partial charge is 0.416 e. The monoisotopic (exact) mass is 374 g/mol. The van der Waals surface area contributed by atoms with Crippen LogP contribution in [0, 0.1) is 0 Å². The highest BCUT2D eigenvalue weighted by Gasteiger charge is 2.31. The average molecular weight is 374 g/mol. The Hall–Kier alpha value is -2.42. The average Bonchev–Trinajstić information content (AvgIpc) is 3.04. The van der Waals surface area contributed by atoms with E-state index < -0.39 is 23.5 Å². The van der Waals surface area contributed by atoms with E-state index in [9.17, 15) is 26.3 Å². The molecule has 25 heavy (non-hydrogen) atoms. The van der Waals surface area contributed by atoms with Gasteiger partial charge in [0.1, 0.15) is 10.0 Å². The van der Waals surface area contributed by atoms with Crippen molar-refractivity contribution in [2.75, 3.05) is 0 Å². The summed E-state index contributed by atoms with van der Waals surface area (Å²) in [6, 6.07) is 9.06. The number of halogens is 6. The topological polar surface area (TPSA) is 25.8 Å². The minimum absolute atomic E-state index is 0.193. The number of benzene rings is 2. The fourth-order valence-electron chi connectivity index (χ4n) is 2.11. The SMILES string of the molecule is FC(F)(F)c1cccc(-c2nnc(-c3cccc(C(F)(F)F)c3)s2)c1. The first-order valence-corrected chi connectivity index (χ1v) is 7.65. The summed E-state index contributed by atoms with van der Waals surface area (Å²) < 4.78 is 76.6. The molecule has 0 radical (unpaired) electrons. The molecule has 0 saturated heterocycles. The second-order valence-corrected chi connectivity index (χ2v) is 6.05. The molecule has 0 amide bonds. The van der Waals surface area contributed by atoms with E-state index >= 15 is 0 Å². The van der Waals surface area contributed by atoms with E-state index in [2.05, 4.69) is 10.2 Å². The Labute approximate surface area is 141 Å². The molecule has 3 aromatic rings. The van der Waals surface area contributed by atoms with Crippen molar-refractivity contribution in [3.05, 3.63) is 59.7 Å². The zero-order valence-electron chi connectivity index (χ0n) is 12.2. The van der Waals surface area contributed by atoms with Gasteiger partial charge < -0.3 is 0 Å². The van der Waals surface area contributed by atoms with Crippen molar-refractivity contribution < 1.29 is 26.3 Å². The lowest BCUT2D eigenvalue weighted by Gasteiger charge is -2.07. The van der Waals surface area contributed by atoms with Gasteiger partial charge in [-0.2, -0.15) is 26.3 Å². The summed E-state index contributed by atoms with van der Waals surface area (Å²) in [5.74, 6) is 0. The molecule has 0 unspecified atom stereocenters. The number of alkyl halides is 6. The zero-order valence-corrected chi connectivity index (χ0v) is 13.0. The molecule has 0 spiro atoms. The van der Waals surface area contributed by atoms with Crippen molar-refractivity contribution in [3.8, 4) is 21.1 Å². The van der Waals surface area contributed by atoms with Crippen molar-refractivity contribution in [3.63, 3.8) is 0 Å². The van der Waals surface area contributed by atoms with Gasteiger partial charge in [-0.15, -0.1) is 10.2 Å². The summed E-state index contributed by atoms with van der Waals surface area (Å²) in [5, 5.41) is 7.98. The molecule has 0 N–H and O–H groups in total. The lowest BCUT2D eigenvalue weighted by molar-refractivity contribution is -0.138. The Morgan fingerprint density at radius 3 is 1.40 bits per heavy atom. The van der Waals surface area contributed by atoms with Crippen LogP contribution in [0.2, 0.25) is 0 Å². The molecule has 0 aliphatic carbocycles. The van der Waals surface area contributed by atoms with E-state index in [0.29, 0.717) is 0 Å². The van der Waals surface area contributed by atoms with Crippen molar-refractivity contribution in [1.82, 2.24) is 10.2 Å². The normalized spacial score (nSPS) is 12.4. The molecule has 0 fully saturated rings. The van der Waals surface area contributed by atoms with Crippen LogP contribution in [0.5, 0.6) is 0 Å². The Bertz CT molecular complexity index is 826. The number of hydrogen-bond acceptors (Lipinski definition) is 3. The highest BCUT2D eigenvalue weighted by atomic mass is 32.1. The molecule has 0 atom stereocenters. The van der Waals surface area contributed by atoms with E-state index in [0.717, 1.165) is 35.6 Å². The lowest BCUT2D eigenvalue weighted by Crippen LogP contribution is -2.04. The lowest BCUT2D eigenvalue weighted by atomic mass is 10.1. The molecule has 3 rings (SSSR count). The fourth-order valence-corrected chi connectivity index (χ4v) is 2.95. The standard InChI is InChI=1S/C16H8F6N2S/c17-15(18,19)11-5-1-3-9(7-11)13-23-24-14(25-13)10-4-2-6-12(8-10)16(20,21)22/h1-8H. The van der Waals surface area contributed by atoms with Gasteiger partial charge in [-0.1, -0.05) is 35.6 Å². The highest BCUT2D eigenvalue weighted by molar-refractivity contribution is 7.17. The number of hydrogen-bond donors (Lipinski definition) is 0. The van der Waals surface area contributed by atoms with Crippen molar-refractivity contribution in [2.24, 2.45) is 0 Å². The zero-order chi connectivity index (χ0) is 18.2. The van der Waals surface area contributed by atoms with Crippen molar-refractivity contribution in [1.29, 1.82) is 0 Å². The van der Waals surface area contributed by atoms with E-state index in [1.54, 1.807) is 0 Å². The van der Waals surface area contributed by atoms with Crippen LogP contribution in [0.4, 0.5) is 26.3 Å². The van der Waals surface area contributed by atoms with Gasteiger partial charge in [-0.25, -0.2) is 0 Å². The molecular weight excluding hydrogens is 366 g/mol. The maximum Gasteiger partial charge on any atom is 0.416 e. The molecule has 130 valence electrons. The van der Waals surface area contributed by atoms with Crippen molar-refractivity contribution in [2.45, 2.75) is 12.4 Å². The second-order valence-electron chi connectivity index (χ2n) is 5.07. The quantitative estimate of drug-likeness (QED) is 0.521. The van der Waals surface area contributed by atoms with Gasteiger partial charge in [0.15, 0.2) is 0 Å². The predicted octanol–water partition coefficient (Wildman–Crippen LogP) is 5.91. The van der Waals surface area contributed by atoms with Gasteiger partial charge in [0.2, 0.25) is 0 Å². The van der Waals surface area contributed by atoms with Crippen LogP contribution >= 0.6 is 11.3 Å². The van der Waals surface area contributed by atoms with Crippen LogP contribution in [0.1, 0.15) is 11.1 Å². The Morgan fingerprint density at radius 1 is 0.640 bits per heavy atom. The fraction of sp³-hybridized carbons (Fsp3) is 0.125. The van der Waals surface area contributed by atoms with E-state index in [-0.39, 0.29) is 21.1 Å². The molecule has 0 aliphatic heterocycles. The summed E-state index contributed by atoms with van der Waals surface area (Å²) in [7, 11) is 0. The van der Waals surface area contributed by atoms with Gasteiger partial charge >= 0.3 is 12.4 Å². The summed E-state index contributed by atoms with van der Waals surface area (Å²) in [6.45, 7) is 0. The smallest absolute Gasteiger partial charge is 0.166 e. The molecule has 1 heterocycles. The first-order valence-electron chi connectivity index (χ1n) is 6.83. The molecule has 0 saturated carbocycles. The summed E-state index contributed by atoms with van der Waals surface area (Å²) >= 11 is 0.921. The van der Waals surface area contributed by atoms with Crippen LogP contribution in [0.15, 0.2) is 48.5 Å². The molecule has 2 nitrogen and oxygen atoms in total. The van der Waals surface area contributed by atoms with Crippen molar-refractivity contribution >= 4 is 11.3 Å². The minimum atomic E-state index is -4.50. The molecule has 1 aromatic heterocycles. The molecule has 2 aromatic carbocycles. The third-order valence-electron chi connectivity index (χ3n) is 3.30. The molecule has 0 bridgehead atoms. The third kappa shape index (κ3) is 3.81. The van der Waals surface area contributed by atoms with Crippen LogP contribution < -0.4 is 0 Å². The molecule has 0 aliphatic rings. The van der Waals surface area contributed by atoms with E-state index in [1.807, 2.05) is 0 Å². The van der Waals surface area contributed by atoms with E-state index in [1.165, 1.54) is 24.3 Å². The van der Waals surface area contributed by atoms with Gasteiger partial charge in [-0.3, -0.25) is 0 Å². The van der Waals surface area contributed by atoms with Crippen LogP contribution in [0.3, 0.4) is 0 Å². The van der Waals surface area contributed by atoms with Crippen LogP contribution in [0.25, 0.3) is 21.1 Å². The van der Waals surface area contributed by atoms with Gasteiger partial charge in [0.05, 0.1) is 11.1 Å². The number of aromatic nitrogens is 2. The Balaban J connectivity index is 1.96.